The second-order valence-corrected chi connectivity index (χ2v) is 9.34. The van der Waals surface area contributed by atoms with Crippen LogP contribution in [0.25, 0.3) is 0 Å². The van der Waals surface area contributed by atoms with Crippen LogP contribution >= 0.6 is 0 Å². The Bertz CT molecular complexity index is 1260. The van der Waals surface area contributed by atoms with E-state index in [-0.39, 0.29) is 10.8 Å². The van der Waals surface area contributed by atoms with Gasteiger partial charge < -0.3 is 14.4 Å². The summed E-state index contributed by atoms with van der Waals surface area (Å²) in [5.74, 6) is 0.668. The van der Waals surface area contributed by atoms with E-state index >= 15 is 0 Å². The smallest absolute Gasteiger partial charge is 0.264 e. The number of methoxy groups -OCH3 is 2. The Morgan fingerprint density at radius 3 is 2.31 bits per heavy atom. The second kappa shape index (κ2) is 8.55. The number of anilines is 2. The molecule has 3 aromatic rings. The summed E-state index contributed by atoms with van der Waals surface area (Å²) in [6.07, 6.45) is 0.826. The molecule has 0 N–H and O–H groups in total. The molecule has 0 atom stereocenters. The van der Waals surface area contributed by atoms with Gasteiger partial charge in [0, 0.05) is 30.9 Å². The zero-order valence-corrected chi connectivity index (χ0v) is 18.9. The number of nitrogens with zero attached hydrogens (tertiary/aromatic N) is 2. The molecule has 0 fully saturated rings. The fourth-order valence-electron chi connectivity index (χ4n) is 3.79. The minimum Gasteiger partial charge on any atom is -0.493 e. The number of carbonyl (C=O) groups excluding carboxylic acids is 1. The maximum absolute atomic E-state index is 13.1. The first-order valence-corrected chi connectivity index (χ1v) is 11.5. The molecule has 3 aromatic carbocycles. The Morgan fingerprint density at radius 2 is 1.62 bits per heavy atom. The lowest BCUT2D eigenvalue weighted by atomic mass is 10.1. The molecule has 0 aliphatic carbocycles. The van der Waals surface area contributed by atoms with Gasteiger partial charge in [0.2, 0.25) is 0 Å². The van der Waals surface area contributed by atoms with Gasteiger partial charge in [-0.1, -0.05) is 18.2 Å². The zero-order valence-electron chi connectivity index (χ0n) is 18.1. The van der Waals surface area contributed by atoms with Crippen LogP contribution in [0.1, 0.15) is 15.9 Å². The molecule has 0 saturated carbocycles. The molecular weight excluding hydrogens is 428 g/mol. The molecule has 1 amide bonds. The first-order chi connectivity index (χ1) is 15.4. The van der Waals surface area contributed by atoms with Crippen molar-refractivity contribution in [2.24, 2.45) is 0 Å². The molecule has 1 aliphatic heterocycles. The van der Waals surface area contributed by atoms with Crippen molar-refractivity contribution < 1.29 is 22.7 Å². The third kappa shape index (κ3) is 3.78. The average molecular weight is 453 g/mol. The summed E-state index contributed by atoms with van der Waals surface area (Å²) in [4.78, 5) is 14.8. The standard InChI is InChI=1S/C24H24N2O5S/c1-25(32(28,29)20-12-13-22(30-2)23(16-20)31-3)19-10-8-18(9-11-19)24(27)26-15-14-17-6-4-5-7-21(17)26/h4-13,16H,14-15H2,1-3H3. The summed E-state index contributed by atoms with van der Waals surface area (Å²) >= 11 is 0. The molecule has 32 heavy (non-hydrogen) atoms. The molecule has 1 heterocycles. The summed E-state index contributed by atoms with van der Waals surface area (Å²) < 4.78 is 37.8. The molecule has 0 saturated heterocycles. The largest absolute Gasteiger partial charge is 0.493 e. The lowest BCUT2D eigenvalue weighted by Gasteiger charge is -2.21. The van der Waals surface area contributed by atoms with Gasteiger partial charge in [0.15, 0.2) is 11.5 Å². The Morgan fingerprint density at radius 1 is 0.938 bits per heavy atom. The van der Waals surface area contributed by atoms with Gasteiger partial charge >= 0.3 is 0 Å². The SMILES string of the molecule is COc1ccc(S(=O)(=O)N(C)c2ccc(C(=O)N3CCc4ccccc43)cc2)cc1OC. The van der Waals surface area contributed by atoms with Crippen LogP contribution in [0.2, 0.25) is 0 Å². The molecule has 7 nitrogen and oxygen atoms in total. The van der Waals surface area contributed by atoms with Crippen molar-refractivity contribution in [2.45, 2.75) is 11.3 Å². The number of carbonyl (C=O) groups is 1. The third-order valence-corrected chi connectivity index (χ3v) is 7.41. The summed E-state index contributed by atoms with van der Waals surface area (Å²) in [5.41, 5.74) is 3.02. The minimum atomic E-state index is -3.84. The second-order valence-electron chi connectivity index (χ2n) is 7.37. The lowest BCUT2D eigenvalue weighted by molar-refractivity contribution is 0.0989. The van der Waals surface area contributed by atoms with Crippen LogP contribution in [-0.2, 0) is 16.4 Å². The molecule has 8 heteroatoms. The van der Waals surface area contributed by atoms with E-state index in [1.165, 1.54) is 37.7 Å². The van der Waals surface area contributed by atoms with Gasteiger partial charge in [-0.3, -0.25) is 9.10 Å². The molecular formula is C24H24N2O5S. The van der Waals surface area contributed by atoms with Crippen molar-refractivity contribution in [1.82, 2.24) is 0 Å². The number of hydrogen-bond acceptors (Lipinski definition) is 5. The highest BCUT2D eigenvalue weighted by Gasteiger charge is 2.26. The van der Waals surface area contributed by atoms with Gasteiger partial charge in [0.05, 0.1) is 24.8 Å². The normalized spacial score (nSPS) is 12.9. The van der Waals surface area contributed by atoms with Crippen LogP contribution in [0.4, 0.5) is 11.4 Å². The predicted molar refractivity (Wildman–Crippen MR) is 123 cm³/mol. The van der Waals surface area contributed by atoms with E-state index in [1.807, 2.05) is 24.3 Å². The number of fused-ring (bicyclic) bond motifs is 1. The number of sulfonamides is 1. The number of amides is 1. The van der Waals surface area contributed by atoms with Gasteiger partial charge in [0.1, 0.15) is 0 Å². The molecule has 0 bridgehead atoms. The van der Waals surface area contributed by atoms with E-state index < -0.39 is 10.0 Å². The monoisotopic (exact) mass is 452 g/mol. The summed E-state index contributed by atoms with van der Waals surface area (Å²) in [6, 6.07) is 18.9. The average Bonchev–Trinajstić information content (AvgIpc) is 3.27. The van der Waals surface area contributed by atoms with Gasteiger partial charge in [-0.25, -0.2) is 8.42 Å². The van der Waals surface area contributed by atoms with E-state index in [1.54, 1.807) is 35.2 Å². The van der Waals surface area contributed by atoms with Crippen molar-refractivity contribution >= 4 is 27.3 Å². The quantitative estimate of drug-likeness (QED) is 0.570. The highest BCUT2D eigenvalue weighted by Crippen LogP contribution is 2.32. The highest BCUT2D eigenvalue weighted by molar-refractivity contribution is 7.92. The van der Waals surface area contributed by atoms with Crippen molar-refractivity contribution in [2.75, 3.05) is 37.0 Å². The van der Waals surface area contributed by atoms with Crippen molar-refractivity contribution in [3.63, 3.8) is 0 Å². The van der Waals surface area contributed by atoms with Gasteiger partial charge in [-0.2, -0.15) is 0 Å². The van der Waals surface area contributed by atoms with Gasteiger partial charge in [0.25, 0.3) is 15.9 Å². The maximum atomic E-state index is 13.1. The Hall–Kier alpha value is -3.52. The van der Waals surface area contributed by atoms with E-state index in [0.29, 0.717) is 29.3 Å². The molecule has 0 radical (unpaired) electrons. The Labute approximate surface area is 187 Å². The third-order valence-electron chi connectivity index (χ3n) is 5.62. The molecule has 0 aromatic heterocycles. The number of benzene rings is 3. The first-order valence-electron chi connectivity index (χ1n) is 10.1. The lowest BCUT2D eigenvalue weighted by Crippen LogP contribution is -2.29. The van der Waals surface area contributed by atoms with E-state index in [9.17, 15) is 13.2 Å². The minimum absolute atomic E-state index is 0.0754. The number of hydrogen-bond donors (Lipinski definition) is 0. The topological polar surface area (TPSA) is 76.2 Å². The fourth-order valence-corrected chi connectivity index (χ4v) is 5.00. The number of para-hydroxylation sites is 1. The number of ether oxygens (including phenoxy) is 2. The molecule has 166 valence electrons. The molecule has 0 unspecified atom stereocenters. The van der Waals surface area contributed by atoms with Crippen LogP contribution in [0, 0.1) is 0 Å². The zero-order chi connectivity index (χ0) is 22.9. The van der Waals surface area contributed by atoms with E-state index in [4.69, 9.17) is 9.47 Å². The number of rotatable bonds is 6. The van der Waals surface area contributed by atoms with Crippen LogP contribution in [0.15, 0.2) is 71.6 Å². The van der Waals surface area contributed by atoms with Crippen LogP contribution < -0.4 is 18.7 Å². The molecule has 4 rings (SSSR count). The fraction of sp³-hybridized carbons (Fsp3) is 0.208. The van der Waals surface area contributed by atoms with Crippen LogP contribution in [0.5, 0.6) is 11.5 Å². The molecule has 0 spiro atoms. The van der Waals surface area contributed by atoms with Crippen molar-refractivity contribution in [1.29, 1.82) is 0 Å². The molecule has 1 aliphatic rings. The maximum Gasteiger partial charge on any atom is 0.264 e. The van der Waals surface area contributed by atoms with Crippen LogP contribution in [0.3, 0.4) is 0 Å². The van der Waals surface area contributed by atoms with Crippen molar-refractivity contribution in [3.8, 4) is 11.5 Å². The van der Waals surface area contributed by atoms with Crippen LogP contribution in [-0.4, -0.2) is 42.1 Å². The van der Waals surface area contributed by atoms with Crippen molar-refractivity contribution in [3.05, 3.63) is 77.9 Å². The van der Waals surface area contributed by atoms with E-state index in [2.05, 4.69) is 0 Å². The summed E-state index contributed by atoms with van der Waals surface area (Å²) in [6.45, 7) is 0.632. The van der Waals surface area contributed by atoms with Gasteiger partial charge in [-0.15, -0.1) is 0 Å². The Kier molecular flexibility index (Phi) is 5.80. The predicted octanol–water partition coefficient (Wildman–Crippen LogP) is 3.73. The summed E-state index contributed by atoms with van der Waals surface area (Å²) in [5, 5.41) is 0. The first kappa shape index (κ1) is 21.7. The Balaban J connectivity index is 1.57. The summed E-state index contributed by atoms with van der Waals surface area (Å²) in [7, 11) is 0.575. The van der Waals surface area contributed by atoms with E-state index in [0.717, 1.165) is 17.7 Å². The highest BCUT2D eigenvalue weighted by atomic mass is 32.2. The van der Waals surface area contributed by atoms with Gasteiger partial charge in [-0.05, 0) is 54.4 Å².